The molecule has 0 saturated carbocycles. The summed E-state index contributed by atoms with van der Waals surface area (Å²) in [7, 11) is 0. The Morgan fingerprint density at radius 3 is 1.56 bits per heavy atom. The van der Waals surface area contributed by atoms with E-state index in [1.165, 1.54) is 11.1 Å². The van der Waals surface area contributed by atoms with Crippen LogP contribution in [0.1, 0.15) is 26.7 Å². The Morgan fingerprint density at radius 1 is 0.938 bits per heavy atom. The Bertz CT molecular complexity index is 304. The molecular weight excluding hydrogens is 406 g/mol. The van der Waals surface area contributed by atoms with Gasteiger partial charge in [-0.25, -0.2) is 23.3 Å². The number of hydrogen-bond acceptors (Lipinski definition) is 0. The summed E-state index contributed by atoms with van der Waals surface area (Å²) in [4.78, 5) is 0. The largest absolute Gasteiger partial charge is 4.00 e. The fourth-order valence-electron chi connectivity index (χ4n) is 1.81. The van der Waals surface area contributed by atoms with Crippen molar-refractivity contribution in [3.05, 3.63) is 47.6 Å². The molecule has 2 rings (SSSR count). The van der Waals surface area contributed by atoms with Gasteiger partial charge in [0.25, 0.3) is 0 Å². The number of rotatable bonds is 2. The molecule has 0 saturated heterocycles. The molecule has 3 heteroatoms. The van der Waals surface area contributed by atoms with Crippen LogP contribution in [0, 0.1) is 17.6 Å². The first-order chi connectivity index (χ1) is 6.21. The predicted octanol–water partition coefficient (Wildman–Crippen LogP) is -2.60. The van der Waals surface area contributed by atoms with Crippen LogP contribution in [0.5, 0.6) is 0 Å². The maximum Gasteiger partial charge on any atom is 4.00 e. The third-order valence-corrected chi connectivity index (χ3v) is 2.74. The average Bonchev–Trinajstić information content (AvgIpc) is 2.78. The van der Waals surface area contributed by atoms with E-state index in [9.17, 15) is 0 Å². The molecule has 0 aromatic carbocycles. The summed E-state index contributed by atoms with van der Waals surface area (Å²) in [6, 6.07) is 0. The Balaban J connectivity index is 0. The van der Waals surface area contributed by atoms with E-state index in [-0.39, 0.29) is 56.1 Å². The standard InChI is InChI=1S/C13H14.2ClH.Hf/c1-13(2,11-7-3-4-8-11)12-9-5-6-10-12;;;/h3,5,7,9H,4,6H2,1-2H3;2*1H;/q-2;;;+4/p-2. The van der Waals surface area contributed by atoms with E-state index in [0.717, 1.165) is 12.8 Å². The molecule has 0 amide bonds. The summed E-state index contributed by atoms with van der Waals surface area (Å²) in [5.41, 5.74) is 2.71. The first-order valence-corrected chi connectivity index (χ1v) is 4.77. The van der Waals surface area contributed by atoms with Gasteiger partial charge in [-0.15, -0.1) is 12.8 Å². The molecule has 0 fully saturated rings. The Kier molecular flexibility index (Phi) is 9.01. The summed E-state index contributed by atoms with van der Waals surface area (Å²) in [6.07, 6.45) is 17.4. The third kappa shape index (κ3) is 3.72. The Hall–Kier alpha value is 0.410. The van der Waals surface area contributed by atoms with Gasteiger partial charge in [0.15, 0.2) is 0 Å². The average molecular weight is 420 g/mol. The molecule has 84 valence electrons. The van der Waals surface area contributed by atoms with Crippen LogP contribution in [0.15, 0.2) is 35.5 Å². The van der Waals surface area contributed by atoms with Crippen LogP contribution in [0.2, 0.25) is 0 Å². The molecule has 0 aromatic heterocycles. The van der Waals surface area contributed by atoms with Crippen LogP contribution in [0.4, 0.5) is 0 Å². The van der Waals surface area contributed by atoms with Gasteiger partial charge in [0, 0.05) is 0 Å². The Morgan fingerprint density at radius 2 is 1.31 bits per heavy atom. The van der Waals surface area contributed by atoms with Crippen LogP contribution < -0.4 is 24.8 Å². The van der Waals surface area contributed by atoms with Crippen molar-refractivity contribution in [1.82, 2.24) is 0 Å². The first kappa shape index (κ1) is 18.8. The SMILES string of the molecule is CC(C)(C1=[C-]CC=C1)C1=[C-]CC=C1.[Cl-].[Cl-].[Hf+4]. The zero-order chi connectivity index (χ0) is 9.31. The van der Waals surface area contributed by atoms with Gasteiger partial charge in [0.05, 0.1) is 0 Å². The molecule has 0 N–H and O–H groups in total. The Labute approximate surface area is 130 Å². The van der Waals surface area contributed by atoms with Crippen molar-refractivity contribution in [1.29, 1.82) is 0 Å². The van der Waals surface area contributed by atoms with Crippen LogP contribution in [0.25, 0.3) is 0 Å². The predicted molar refractivity (Wildman–Crippen MR) is 54.8 cm³/mol. The molecule has 0 radical (unpaired) electrons. The third-order valence-electron chi connectivity index (χ3n) is 2.74. The van der Waals surface area contributed by atoms with Gasteiger partial charge in [0.1, 0.15) is 0 Å². The van der Waals surface area contributed by atoms with Crippen molar-refractivity contribution >= 4 is 0 Å². The topological polar surface area (TPSA) is 0 Å². The van der Waals surface area contributed by atoms with Gasteiger partial charge >= 0.3 is 25.8 Å². The van der Waals surface area contributed by atoms with E-state index >= 15 is 0 Å². The minimum atomic E-state index is 0. The van der Waals surface area contributed by atoms with Crippen LogP contribution in [-0.4, -0.2) is 0 Å². The normalized spacial score (nSPS) is 16.9. The summed E-state index contributed by atoms with van der Waals surface area (Å²) >= 11 is 0. The van der Waals surface area contributed by atoms with Crippen molar-refractivity contribution in [2.75, 3.05) is 0 Å². The molecule has 0 aliphatic heterocycles. The number of hydrogen-bond donors (Lipinski definition) is 0. The van der Waals surface area contributed by atoms with Crippen molar-refractivity contribution in [2.45, 2.75) is 26.7 Å². The number of halogens is 2. The molecular formula is C13H14Cl2Hf. The molecule has 16 heavy (non-hydrogen) atoms. The van der Waals surface area contributed by atoms with E-state index in [1.54, 1.807) is 0 Å². The van der Waals surface area contributed by atoms with Gasteiger partial charge in [-0.05, 0) is 0 Å². The second-order valence-electron chi connectivity index (χ2n) is 4.02. The molecule has 0 unspecified atom stereocenters. The van der Waals surface area contributed by atoms with Crippen molar-refractivity contribution in [3.8, 4) is 0 Å². The first-order valence-electron chi connectivity index (χ1n) is 4.77. The second kappa shape index (κ2) is 7.68. The maximum atomic E-state index is 3.38. The van der Waals surface area contributed by atoms with Gasteiger partial charge in [-0.3, -0.25) is 12.2 Å². The summed E-state index contributed by atoms with van der Waals surface area (Å²) in [5.74, 6) is 0. The zero-order valence-corrected chi connectivity index (χ0v) is 14.6. The van der Waals surface area contributed by atoms with E-state index < -0.39 is 0 Å². The fraction of sp³-hybridized carbons (Fsp3) is 0.385. The zero-order valence-electron chi connectivity index (χ0n) is 9.48. The summed E-state index contributed by atoms with van der Waals surface area (Å²) in [5, 5.41) is 0. The van der Waals surface area contributed by atoms with Crippen LogP contribution >= 0.6 is 0 Å². The van der Waals surface area contributed by atoms with E-state index in [4.69, 9.17) is 0 Å². The smallest absolute Gasteiger partial charge is 1.00 e. The van der Waals surface area contributed by atoms with Gasteiger partial charge in [-0.1, -0.05) is 19.3 Å². The molecule has 2 aliphatic rings. The molecule has 2 aliphatic carbocycles. The molecule has 0 heterocycles. The molecule has 0 atom stereocenters. The van der Waals surface area contributed by atoms with Crippen LogP contribution in [0.3, 0.4) is 0 Å². The summed E-state index contributed by atoms with van der Waals surface area (Å²) in [6.45, 7) is 4.48. The van der Waals surface area contributed by atoms with Gasteiger partial charge in [0.2, 0.25) is 0 Å². The fourth-order valence-corrected chi connectivity index (χ4v) is 1.81. The maximum absolute atomic E-state index is 3.38. The molecule has 0 nitrogen and oxygen atoms in total. The molecule has 0 spiro atoms. The van der Waals surface area contributed by atoms with Crippen molar-refractivity contribution < 1.29 is 50.7 Å². The van der Waals surface area contributed by atoms with E-state index in [0.29, 0.717) is 0 Å². The van der Waals surface area contributed by atoms with E-state index in [1.807, 2.05) is 0 Å². The van der Waals surface area contributed by atoms with Crippen molar-refractivity contribution in [3.63, 3.8) is 0 Å². The second-order valence-corrected chi connectivity index (χ2v) is 4.02. The van der Waals surface area contributed by atoms with Crippen LogP contribution in [-0.2, 0) is 25.8 Å². The molecule has 0 aromatic rings. The van der Waals surface area contributed by atoms with Gasteiger partial charge in [-0.2, -0.15) is 12.2 Å². The van der Waals surface area contributed by atoms with Gasteiger partial charge < -0.3 is 24.8 Å². The quantitative estimate of drug-likeness (QED) is 0.340. The minimum Gasteiger partial charge on any atom is -1.00 e. The molecule has 0 bridgehead atoms. The van der Waals surface area contributed by atoms with Crippen molar-refractivity contribution in [2.24, 2.45) is 5.41 Å². The monoisotopic (exact) mass is 420 g/mol. The minimum absolute atomic E-state index is 0. The number of allylic oxidation sites excluding steroid dienone is 8. The van der Waals surface area contributed by atoms with E-state index in [2.05, 4.69) is 50.3 Å². The summed E-state index contributed by atoms with van der Waals surface area (Å²) < 4.78 is 0.